The number of hydrogen-bond donors (Lipinski definition) is 1. The van der Waals surface area contributed by atoms with Crippen molar-refractivity contribution in [1.29, 1.82) is 0 Å². The molecule has 2 rings (SSSR count). The highest BCUT2D eigenvalue weighted by molar-refractivity contribution is 7.71. The fourth-order valence-corrected chi connectivity index (χ4v) is 2.12. The van der Waals surface area contributed by atoms with Crippen LogP contribution in [0.15, 0.2) is 24.8 Å². The second-order valence-corrected chi connectivity index (χ2v) is 4.45. The van der Waals surface area contributed by atoms with E-state index in [2.05, 4.69) is 27.9 Å². The lowest BCUT2D eigenvalue weighted by Gasteiger charge is -2.08. The van der Waals surface area contributed by atoms with Crippen LogP contribution < -0.4 is 0 Å². The molecule has 0 atom stereocenters. The van der Waals surface area contributed by atoms with Crippen LogP contribution in [-0.2, 0) is 6.42 Å². The van der Waals surface area contributed by atoms with Crippen molar-refractivity contribution in [2.75, 3.05) is 0 Å². The Balaban J connectivity index is 2.59. The molecule has 0 aliphatic carbocycles. The van der Waals surface area contributed by atoms with Crippen LogP contribution in [0, 0.1) is 11.6 Å². The summed E-state index contributed by atoms with van der Waals surface area (Å²) in [5.41, 5.74) is 4.36. The molecule has 4 heteroatoms. The molecule has 0 spiro atoms. The predicted molar refractivity (Wildman–Crippen MR) is 71.4 cm³/mol. The number of H-pyrrole nitrogens is 1. The van der Waals surface area contributed by atoms with Crippen LogP contribution in [0.3, 0.4) is 0 Å². The van der Waals surface area contributed by atoms with Gasteiger partial charge in [0, 0.05) is 23.5 Å². The van der Waals surface area contributed by atoms with Crippen molar-refractivity contribution in [1.82, 2.24) is 15.0 Å². The molecule has 0 saturated carbocycles. The Bertz CT molecular complexity index is 575. The Morgan fingerprint density at radius 2 is 2.18 bits per heavy atom. The molecule has 0 saturated heterocycles. The number of aromatic amines is 1. The van der Waals surface area contributed by atoms with Gasteiger partial charge in [-0.3, -0.25) is 4.98 Å². The average Bonchev–Trinajstić information content (AvgIpc) is 2.32. The maximum absolute atomic E-state index is 5.29. The molecule has 0 aromatic carbocycles. The summed E-state index contributed by atoms with van der Waals surface area (Å²) in [5.74, 6) is 0. The van der Waals surface area contributed by atoms with Gasteiger partial charge in [0.05, 0.1) is 12.0 Å². The van der Waals surface area contributed by atoms with Gasteiger partial charge in [-0.2, -0.15) is 0 Å². The summed E-state index contributed by atoms with van der Waals surface area (Å²) < 4.78 is 0.683. The number of pyridine rings is 1. The number of nitrogens with zero attached hydrogens (tertiary/aromatic N) is 2. The molecule has 17 heavy (non-hydrogen) atoms. The van der Waals surface area contributed by atoms with Crippen LogP contribution in [0.1, 0.15) is 24.5 Å². The number of nitrogens with one attached hydrogen (secondary N) is 1. The van der Waals surface area contributed by atoms with Gasteiger partial charge in [0.2, 0.25) is 0 Å². The van der Waals surface area contributed by atoms with Crippen molar-refractivity contribution in [3.63, 3.8) is 0 Å². The minimum atomic E-state index is 0.683. The Morgan fingerprint density at radius 3 is 2.88 bits per heavy atom. The summed E-state index contributed by atoms with van der Waals surface area (Å²) in [5, 5.41) is 0. The number of aromatic nitrogens is 3. The summed E-state index contributed by atoms with van der Waals surface area (Å²) in [6, 6.07) is 2.10. The Labute approximate surface area is 106 Å². The quantitative estimate of drug-likeness (QED) is 0.842. The summed E-state index contributed by atoms with van der Waals surface area (Å²) in [6.45, 7) is 4.17. The van der Waals surface area contributed by atoms with Gasteiger partial charge in [-0.15, -0.1) is 0 Å². The summed E-state index contributed by atoms with van der Waals surface area (Å²) >= 11 is 5.29. The van der Waals surface area contributed by atoms with Gasteiger partial charge in [0.15, 0.2) is 0 Å². The zero-order valence-electron chi connectivity index (χ0n) is 10.0. The van der Waals surface area contributed by atoms with E-state index in [4.69, 9.17) is 12.2 Å². The van der Waals surface area contributed by atoms with Crippen LogP contribution >= 0.6 is 12.2 Å². The molecule has 0 amide bonds. The number of hydrogen-bond acceptors (Lipinski definition) is 3. The monoisotopic (exact) mass is 245 g/mol. The molecule has 2 aromatic rings. The highest BCUT2D eigenvalue weighted by Gasteiger charge is 2.07. The molecule has 1 N–H and O–H groups in total. The number of aryl methyl sites for hydroxylation is 1. The lowest BCUT2D eigenvalue weighted by molar-refractivity contribution is 0.898. The van der Waals surface area contributed by atoms with Gasteiger partial charge in [-0.25, -0.2) is 4.98 Å². The first-order valence-electron chi connectivity index (χ1n) is 5.71. The summed E-state index contributed by atoms with van der Waals surface area (Å²) in [7, 11) is 0. The van der Waals surface area contributed by atoms with E-state index in [0.717, 1.165) is 35.2 Å². The molecule has 0 fully saturated rings. The van der Waals surface area contributed by atoms with Crippen LogP contribution in [-0.4, -0.2) is 15.0 Å². The Morgan fingerprint density at radius 1 is 1.35 bits per heavy atom. The molecular formula is C13H15N3S. The van der Waals surface area contributed by atoms with Crippen LogP contribution in [0.2, 0.25) is 0 Å². The van der Waals surface area contributed by atoms with E-state index in [0.29, 0.717) is 4.64 Å². The van der Waals surface area contributed by atoms with E-state index in [1.165, 1.54) is 0 Å². The lowest BCUT2D eigenvalue weighted by Crippen LogP contribution is -1.97. The van der Waals surface area contributed by atoms with E-state index in [1.807, 2.05) is 19.3 Å². The summed E-state index contributed by atoms with van der Waals surface area (Å²) in [6.07, 6.45) is 7.34. The predicted octanol–water partition coefficient (Wildman–Crippen LogP) is 3.46. The van der Waals surface area contributed by atoms with Gasteiger partial charge in [-0.1, -0.05) is 25.6 Å². The Hall–Kier alpha value is -1.55. The third-order valence-electron chi connectivity index (χ3n) is 2.61. The highest BCUT2D eigenvalue weighted by Crippen LogP contribution is 2.22. The molecule has 88 valence electrons. The van der Waals surface area contributed by atoms with Crippen molar-refractivity contribution in [2.45, 2.75) is 26.7 Å². The zero-order chi connectivity index (χ0) is 12.3. The van der Waals surface area contributed by atoms with Crippen LogP contribution in [0.4, 0.5) is 0 Å². The molecule has 2 aromatic heterocycles. The summed E-state index contributed by atoms with van der Waals surface area (Å²) in [4.78, 5) is 11.6. The fraction of sp³-hybridized carbons (Fsp3) is 0.308. The first kappa shape index (κ1) is 11.9. The molecular weight excluding hydrogens is 230 g/mol. The molecule has 0 aliphatic rings. The minimum absolute atomic E-state index is 0.683. The normalized spacial score (nSPS) is 10.5. The molecule has 0 unspecified atom stereocenters. The van der Waals surface area contributed by atoms with Gasteiger partial charge >= 0.3 is 0 Å². The van der Waals surface area contributed by atoms with E-state index in [9.17, 15) is 0 Å². The molecule has 0 bridgehead atoms. The first-order valence-corrected chi connectivity index (χ1v) is 6.11. The maximum atomic E-state index is 5.29. The molecule has 0 aliphatic heterocycles. The van der Waals surface area contributed by atoms with Crippen molar-refractivity contribution in [3.05, 3.63) is 40.6 Å². The van der Waals surface area contributed by atoms with Gasteiger partial charge in [-0.05, 0) is 25.0 Å². The number of rotatable bonds is 3. The molecule has 3 nitrogen and oxygen atoms in total. The zero-order valence-corrected chi connectivity index (χ0v) is 10.8. The SMILES string of the molecule is CCCc1c(-c2cncc(C)c2)[nH]cnc1=S. The van der Waals surface area contributed by atoms with E-state index < -0.39 is 0 Å². The van der Waals surface area contributed by atoms with E-state index >= 15 is 0 Å². The minimum Gasteiger partial charge on any atom is -0.345 e. The lowest BCUT2D eigenvalue weighted by atomic mass is 10.0. The second kappa shape index (κ2) is 5.19. The third kappa shape index (κ3) is 2.58. The van der Waals surface area contributed by atoms with Crippen molar-refractivity contribution in [2.24, 2.45) is 0 Å². The average molecular weight is 245 g/mol. The van der Waals surface area contributed by atoms with Crippen LogP contribution in [0.5, 0.6) is 0 Å². The van der Waals surface area contributed by atoms with Gasteiger partial charge in [0.25, 0.3) is 0 Å². The van der Waals surface area contributed by atoms with Crippen molar-refractivity contribution < 1.29 is 0 Å². The van der Waals surface area contributed by atoms with E-state index in [-0.39, 0.29) is 0 Å². The van der Waals surface area contributed by atoms with Crippen molar-refractivity contribution >= 4 is 12.2 Å². The molecule has 0 radical (unpaired) electrons. The smallest absolute Gasteiger partial charge is 0.133 e. The van der Waals surface area contributed by atoms with E-state index in [1.54, 1.807) is 6.33 Å². The van der Waals surface area contributed by atoms with Crippen LogP contribution in [0.25, 0.3) is 11.3 Å². The maximum Gasteiger partial charge on any atom is 0.133 e. The first-order chi connectivity index (χ1) is 8.22. The van der Waals surface area contributed by atoms with Crippen molar-refractivity contribution in [3.8, 4) is 11.3 Å². The largest absolute Gasteiger partial charge is 0.345 e. The standard InChI is InChI=1S/C13H15N3S/c1-3-4-11-12(15-8-16-13(11)17)10-5-9(2)6-14-7-10/h5-8H,3-4H2,1-2H3,(H,15,16,17). The fourth-order valence-electron chi connectivity index (χ4n) is 1.86. The second-order valence-electron chi connectivity index (χ2n) is 4.06. The third-order valence-corrected chi connectivity index (χ3v) is 2.97. The molecule has 2 heterocycles. The van der Waals surface area contributed by atoms with Gasteiger partial charge in [0.1, 0.15) is 4.64 Å². The van der Waals surface area contributed by atoms with Gasteiger partial charge < -0.3 is 4.98 Å². The topological polar surface area (TPSA) is 41.6 Å². The Kier molecular flexibility index (Phi) is 3.64. The highest BCUT2D eigenvalue weighted by atomic mass is 32.1.